The number of para-hydroxylation sites is 1. The molecule has 7 heteroatoms. The molecule has 150 valence electrons. The van der Waals surface area contributed by atoms with Gasteiger partial charge in [0.15, 0.2) is 0 Å². The standard InChI is InChI=1S/C23H19N3O4/c1-28-18-7-5-6-16(14-18)22(27)24-17-12-10-15(11-13-17)23-25-21(26-30-23)19-8-3-4-9-20(19)29-2/h3-14H,1-2H3,(H,24,27). The topological polar surface area (TPSA) is 86.5 Å². The Kier molecular flexibility index (Phi) is 5.43. The van der Waals surface area contributed by atoms with Crippen LogP contribution in [-0.2, 0) is 0 Å². The summed E-state index contributed by atoms with van der Waals surface area (Å²) in [5.41, 5.74) is 2.65. The maximum absolute atomic E-state index is 12.4. The number of methoxy groups -OCH3 is 2. The number of rotatable bonds is 6. The summed E-state index contributed by atoms with van der Waals surface area (Å²) < 4.78 is 15.9. The van der Waals surface area contributed by atoms with E-state index in [1.54, 1.807) is 62.8 Å². The second-order valence-electron chi connectivity index (χ2n) is 6.39. The lowest BCUT2D eigenvalue weighted by Gasteiger charge is -2.07. The number of amides is 1. The first-order valence-electron chi connectivity index (χ1n) is 9.21. The molecule has 0 aliphatic rings. The molecule has 1 amide bonds. The Morgan fingerprint density at radius 1 is 0.933 bits per heavy atom. The monoisotopic (exact) mass is 401 g/mol. The van der Waals surface area contributed by atoms with Gasteiger partial charge in [-0.05, 0) is 54.6 Å². The van der Waals surface area contributed by atoms with Crippen LogP contribution in [-0.4, -0.2) is 30.3 Å². The number of nitrogens with zero attached hydrogens (tertiary/aromatic N) is 2. The molecular weight excluding hydrogens is 382 g/mol. The molecule has 0 fully saturated rings. The Hall–Kier alpha value is -4.13. The van der Waals surface area contributed by atoms with Crippen LogP contribution in [0.5, 0.6) is 11.5 Å². The minimum atomic E-state index is -0.224. The molecule has 0 aliphatic carbocycles. The van der Waals surface area contributed by atoms with Crippen LogP contribution in [0, 0.1) is 0 Å². The van der Waals surface area contributed by atoms with Gasteiger partial charge in [-0.1, -0.05) is 23.4 Å². The molecule has 30 heavy (non-hydrogen) atoms. The Bertz CT molecular complexity index is 1170. The summed E-state index contributed by atoms with van der Waals surface area (Å²) in [5.74, 6) is 1.89. The predicted octanol–water partition coefficient (Wildman–Crippen LogP) is 4.67. The molecule has 0 aliphatic heterocycles. The summed E-state index contributed by atoms with van der Waals surface area (Å²) >= 11 is 0. The molecule has 4 rings (SSSR count). The molecular formula is C23H19N3O4. The van der Waals surface area contributed by atoms with E-state index in [4.69, 9.17) is 14.0 Å². The number of benzene rings is 3. The molecule has 0 bridgehead atoms. The first-order valence-corrected chi connectivity index (χ1v) is 9.21. The average Bonchev–Trinajstić information content (AvgIpc) is 3.29. The van der Waals surface area contributed by atoms with E-state index >= 15 is 0 Å². The van der Waals surface area contributed by atoms with Crippen LogP contribution in [0.15, 0.2) is 77.3 Å². The summed E-state index contributed by atoms with van der Waals surface area (Å²) in [4.78, 5) is 16.9. The van der Waals surface area contributed by atoms with Crippen LogP contribution in [0.2, 0.25) is 0 Å². The number of carbonyl (C=O) groups is 1. The number of hydrogen-bond acceptors (Lipinski definition) is 6. The van der Waals surface area contributed by atoms with Crippen LogP contribution in [0.3, 0.4) is 0 Å². The van der Waals surface area contributed by atoms with Crippen molar-refractivity contribution in [3.05, 3.63) is 78.4 Å². The van der Waals surface area contributed by atoms with Gasteiger partial charge in [0.1, 0.15) is 11.5 Å². The second kappa shape index (κ2) is 8.48. The largest absolute Gasteiger partial charge is 0.497 e. The summed E-state index contributed by atoms with van der Waals surface area (Å²) in [5, 5.41) is 6.91. The summed E-state index contributed by atoms with van der Waals surface area (Å²) in [6, 6.07) is 21.6. The van der Waals surface area contributed by atoms with Crippen molar-refractivity contribution in [1.29, 1.82) is 0 Å². The van der Waals surface area contributed by atoms with Crippen molar-refractivity contribution in [3.63, 3.8) is 0 Å². The highest BCUT2D eigenvalue weighted by molar-refractivity contribution is 6.04. The number of anilines is 1. The zero-order valence-corrected chi connectivity index (χ0v) is 16.5. The van der Waals surface area contributed by atoms with E-state index in [0.29, 0.717) is 34.5 Å². The van der Waals surface area contributed by atoms with Crippen molar-refractivity contribution < 1.29 is 18.8 Å². The third kappa shape index (κ3) is 4.00. The lowest BCUT2D eigenvalue weighted by Crippen LogP contribution is -2.11. The highest BCUT2D eigenvalue weighted by Gasteiger charge is 2.14. The lowest BCUT2D eigenvalue weighted by molar-refractivity contribution is 0.102. The molecule has 4 aromatic rings. The smallest absolute Gasteiger partial charge is 0.258 e. The van der Waals surface area contributed by atoms with Gasteiger partial charge in [0.05, 0.1) is 19.8 Å². The molecule has 0 unspecified atom stereocenters. The summed E-state index contributed by atoms with van der Waals surface area (Å²) in [6.45, 7) is 0. The first-order chi connectivity index (χ1) is 14.7. The van der Waals surface area contributed by atoms with Crippen molar-refractivity contribution in [2.45, 2.75) is 0 Å². The Labute approximate surface area is 173 Å². The molecule has 1 aromatic heterocycles. The first kappa shape index (κ1) is 19.2. The van der Waals surface area contributed by atoms with Crippen molar-refractivity contribution in [2.75, 3.05) is 19.5 Å². The van der Waals surface area contributed by atoms with Crippen LogP contribution in [0.4, 0.5) is 5.69 Å². The van der Waals surface area contributed by atoms with E-state index in [0.717, 1.165) is 11.1 Å². The molecule has 1 heterocycles. The Morgan fingerprint density at radius 2 is 1.73 bits per heavy atom. The summed E-state index contributed by atoms with van der Waals surface area (Å²) in [6.07, 6.45) is 0. The SMILES string of the molecule is COc1cccc(C(=O)Nc2ccc(-c3nc(-c4ccccc4OC)no3)cc2)c1. The van der Waals surface area contributed by atoms with Gasteiger partial charge in [-0.2, -0.15) is 4.98 Å². The van der Waals surface area contributed by atoms with Crippen molar-refractivity contribution in [2.24, 2.45) is 0 Å². The van der Waals surface area contributed by atoms with Crippen LogP contribution in [0.1, 0.15) is 10.4 Å². The van der Waals surface area contributed by atoms with Gasteiger partial charge >= 0.3 is 0 Å². The predicted molar refractivity (Wildman–Crippen MR) is 113 cm³/mol. The molecule has 0 spiro atoms. The molecule has 0 saturated carbocycles. The fourth-order valence-corrected chi connectivity index (χ4v) is 2.94. The second-order valence-corrected chi connectivity index (χ2v) is 6.39. The molecule has 3 aromatic carbocycles. The van der Waals surface area contributed by atoms with E-state index in [1.807, 2.05) is 24.3 Å². The number of hydrogen-bond donors (Lipinski definition) is 1. The summed E-state index contributed by atoms with van der Waals surface area (Å²) in [7, 11) is 3.16. The molecule has 1 N–H and O–H groups in total. The maximum Gasteiger partial charge on any atom is 0.258 e. The zero-order valence-electron chi connectivity index (χ0n) is 16.5. The van der Waals surface area contributed by atoms with Crippen LogP contribution >= 0.6 is 0 Å². The Morgan fingerprint density at radius 3 is 2.50 bits per heavy atom. The van der Waals surface area contributed by atoms with E-state index < -0.39 is 0 Å². The highest BCUT2D eigenvalue weighted by Crippen LogP contribution is 2.29. The van der Waals surface area contributed by atoms with E-state index in [-0.39, 0.29) is 5.91 Å². The molecule has 0 atom stereocenters. The average molecular weight is 401 g/mol. The third-order valence-electron chi connectivity index (χ3n) is 4.50. The molecule has 0 radical (unpaired) electrons. The van der Waals surface area contributed by atoms with Gasteiger partial charge in [0.25, 0.3) is 11.8 Å². The highest BCUT2D eigenvalue weighted by atomic mass is 16.5. The lowest BCUT2D eigenvalue weighted by atomic mass is 10.1. The van der Waals surface area contributed by atoms with Gasteiger partial charge in [-0.3, -0.25) is 4.79 Å². The van der Waals surface area contributed by atoms with Gasteiger partial charge in [-0.25, -0.2) is 0 Å². The zero-order chi connectivity index (χ0) is 20.9. The minimum absolute atomic E-state index is 0.224. The third-order valence-corrected chi connectivity index (χ3v) is 4.50. The fourth-order valence-electron chi connectivity index (χ4n) is 2.94. The van der Waals surface area contributed by atoms with Crippen molar-refractivity contribution in [1.82, 2.24) is 10.1 Å². The van der Waals surface area contributed by atoms with Gasteiger partial charge < -0.3 is 19.3 Å². The number of nitrogens with one attached hydrogen (secondary N) is 1. The van der Waals surface area contributed by atoms with E-state index in [2.05, 4.69) is 15.5 Å². The van der Waals surface area contributed by atoms with Gasteiger partial charge in [-0.15, -0.1) is 0 Å². The van der Waals surface area contributed by atoms with E-state index in [1.165, 1.54) is 0 Å². The maximum atomic E-state index is 12.4. The quantitative estimate of drug-likeness (QED) is 0.505. The fraction of sp³-hybridized carbons (Fsp3) is 0.0870. The van der Waals surface area contributed by atoms with Crippen molar-refractivity contribution >= 4 is 11.6 Å². The van der Waals surface area contributed by atoms with Gasteiger partial charge in [0, 0.05) is 16.8 Å². The van der Waals surface area contributed by atoms with Crippen molar-refractivity contribution in [3.8, 4) is 34.3 Å². The number of carbonyl (C=O) groups excluding carboxylic acids is 1. The molecule has 7 nitrogen and oxygen atoms in total. The van der Waals surface area contributed by atoms with E-state index in [9.17, 15) is 4.79 Å². The number of ether oxygens (including phenoxy) is 2. The molecule has 0 saturated heterocycles. The Balaban J connectivity index is 1.50. The van der Waals surface area contributed by atoms with Gasteiger partial charge in [0.2, 0.25) is 5.82 Å². The minimum Gasteiger partial charge on any atom is -0.497 e. The normalized spacial score (nSPS) is 10.5. The van der Waals surface area contributed by atoms with Crippen LogP contribution < -0.4 is 14.8 Å². The van der Waals surface area contributed by atoms with Crippen LogP contribution in [0.25, 0.3) is 22.8 Å². The number of aromatic nitrogens is 2.